The van der Waals surface area contributed by atoms with E-state index in [1.165, 1.54) is 12.0 Å². The zero-order valence-electron chi connectivity index (χ0n) is 34.0. The number of thioether (sulfide) groups is 2. The Bertz CT molecular complexity index is 1480. The van der Waals surface area contributed by atoms with Gasteiger partial charge in [-0.15, -0.1) is 23.5 Å². The summed E-state index contributed by atoms with van der Waals surface area (Å²) in [5, 5.41) is 2.94. The number of carbonyl (C=O) groups excluding carboxylic acids is 1. The fourth-order valence-electron chi connectivity index (χ4n) is 7.07. The number of benzene rings is 3. The summed E-state index contributed by atoms with van der Waals surface area (Å²) in [4.78, 5) is 12.2. The fourth-order valence-corrected chi connectivity index (χ4v) is 10.7. The number of nitrogens with one attached hydrogen (secondary N) is 1. The van der Waals surface area contributed by atoms with Crippen molar-refractivity contribution in [2.24, 2.45) is 17.8 Å². The molecule has 8 nitrogen and oxygen atoms in total. The van der Waals surface area contributed by atoms with Gasteiger partial charge in [-0.2, -0.15) is 0 Å². The van der Waals surface area contributed by atoms with E-state index in [0.29, 0.717) is 44.8 Å². The first-order valence-electron chi connectivity index (χ1n) is 20.1. The molecule has 1 aliphatic heterocycles. The normalized spacial score (nSPS) is 17.2. The summed E-state index contributed by atoms with van der Waals surface area (Å²) < 4.78 is 37.5. The molecule has 0 aliphatic carbocycles. The second-order valence-electron chi connectivity index (χ2n) is 15.0. The minimum Gasteiger partial charge on any atom is -0.445 e. The Morgan fingerprint density at radius 3 is 1.93 bits per heavy atom. The van der Waals surface area contributed by atoms with E-state index in [1.807, 2.05) is 30.3 Å². The average molecular weight is 808 g/mol. The van der Waals surface area contributed by atoms with Gasteiger partial charge in [0.15, 0.2) is 0 Å². The summed E-state index contributed by atoms with van der Waals surface area (Å²) in [7, 11) is 1.67. The minimum atomic E-state index is -0.411. The van der Waals surface area contributed by atoms with Crippen LogP contribution in [0, 0.1) is 17.8 Å². The predicted molar refractivity (Wildman–Crippen MR) is 231 cm³/mol. The van der Waals surface area contributed by atoms with Crippen LogP contribution in [0.3, 0.4) is 0 Å². The summed E-state index contributed by atoms with van der Waals surface area (Å²) in [6.07, 6.45) is 4.73. The summed E-state index contributed by atoms with van der Waals surface area (Å²) in [5.41, 5.74) is 3.40. The molecule has 1 fully saturated rings. The van der Waals surface area contributed by atoms with Crippen LogP contribution in [0.2, 0.25) is 0 Å². The molecule has 1 N–H and O–H groups in total. The Hall–Kier alpha value is -2.83. The molecule has 4 rings (SSSR count). The summed E-state index contributed by atoms with van der Waals surface area (Å²) in [6.45, 7) is 13.5. The van der Waals surface area contributed by atoms with Crippen LogP contribution in [-0.4, -0.2) is 73.7 Å². The van der Waals surface area contributed by atoms with Crippen molar-refractivity contribution in [3.05, 3.63) is 120 Å². The second kappa shape index (κ2) is 26.2. The molecule has 0 bridgehead atoms. The largest absolute Gasteiger partial charge is 0.445 e. The maximum absolute atomic E-state index is 12.2. The van der Waals surface area contributed by atoms with Crippen molar-refractivity contribution in [2.75, 3.05) is 45.2 Å². The van der Waals surface area contributed by atoms with E-state index in [0.717, 1.165) is 48.3 Å². The molecule has 10 heteroatoms. The lowest BCUT2D eigenvalue weighted by Crippen LogP contribution is -2.48. The molecule has 0 unspecified atom stereocenters. The zero-order valence-corrected chi connectivity index (χ0v) is 35.6. The second-order valence-corrected chi connectivity index (χ2v) is 18.1. The Morgan fingerprint density at radius 1 is 0.786 bits per heavy atom. The number of hydrogen-bond acceptors (Lipinski definition) is 9. The van der Waals surface area contributed by atoms with Gasteiger partial charge in [-0.25, -0.2) is 4.79 Å². The van der Waals surface area contributed by atoms with E-state index in [2.05, 4.69) is 117 Å². The van der Waals surface area contributed by atoms with Crippen molar-refractivity contribution in [2.45, 2.75) is 95.1 Å². The molecular weight excluding hydrogens is 743 g/mol. The van der Waals surface area contributed by atoms with E-state index in [-0.39, 0.29) is 35.6 Å². The van der Waals surface area contributed by atoms with Crippen molar-refractivity contribution in [1.29, 1.82) is 0 Å². The van der Waals surface area contributed by atoms with E-state index < -0.39 is 12.2 Å². The lowest BCUT2D eigenvalue weighted by Gasteiger charge is -2.46. The molecule has 0 radical (unpaired) electrons. The molecule has 56 heavy (non-hydrogen) atoms. The van der Waals surface area contributed by atoms with Crippen molar-refractivity contribution in [3.8, 4) is 0 Å². The van der Waals surface area contributed by atoms with E-state index >= 15 is 0 Å². The van der Waals surface area contributed by atoms with Crippen LogP contribution in [-0.2, 0) is 48.2 Å². The maximum Gasteiger partial charge on any atom is 0.407 e. The Morgan fingerprint density at radius 2 is 1.36 bits per heavy atom. The van der Waals surface area contributed by atoms with Gasteiger partial charge in [0.1, 0.15) is 19.5 Å². The van der Waals surface area contributed by atoms with Gasteiger partial charge in [0.05, 0.1) is 36.1 Å². The number of amides is 1. The van der Waals surface area contributed by atoms with Gasteiger partial charge < -0.3 is 33.7 Å². The molecule has 1 aliphatic rings. The Labute approximate surface area is 345 Å². The molecule has 3 aromatic rings. The summed E-state index contributed by atoms with van der Waals surface area (Å²) in [5.74, 6) is 3.03. The highest BCUT2D eigenvalue weighted by molar-refractivity contribution is 8.18. The molecule has 3 aromatic carbocycles. The average Bonchev–Trinajstić information content (AvgIpc) is 3.23. The molecule has 1 amide bonds. The fraction of sp³-hybridized carbons (Fsp3) is 0.543. The first-order valence-corrected chi connectivity index (χ1v) is 22.1. The van der Waals surface area contributed by atoms with Gasteiger partial charge in [0.2, 0.25) is 0 Å². The zero-order chi connectivity index (χ0) is 39.9. The van der Waals surface area contributed by atoms with Crippen LogP contribution in [0.25, 0.3) is 0 Å². The van der Waals surface area contributed by atoms with Crippen molar-refractivity contribution in [1.82, 2.24) is 5.32 Å². The third-order valence-corrected chi connectivity index (χ3v) is 13.9. The number of hydrogen-bond donors (Lipinski definition) is 1. The topological polar surface area (TPSA) is 84.5 Å². The molecule has 1 heterocycles. The van der Waals surface area contributed by atoms with E-state index in [9.17, 15) is 4.79 Å². The first kappa shape index (κ1) is 45.9. The molecular formula is C46H65NO7S2. The van der Waals surface area contributed by atoms with Crippen LogP contribution < -0.4 is 5.32 Å². The van der Waals surface area contributed by atoms with Gasteiger partial charge >= 0.3 is 6.09 Å². The smallest absolute Gasteiger partial charge is 0.407 e. The predicted octanol–water partition coefficient (Wildman–Crippen LogP) is 10.3. The minimum absolute atomic E-state index is 0.128. The van der Waals surface area contributed by atoms with E-state index in [4.69, 9.17) is 28.4 Å². The van der Waals surface area contributed by atoms with Gasteiger partial charge in [-0.05, 0) is 71.6 Å². The molecule has 0 aromatic heterocycles. The molecule has 308 valence electrons. The molecule has 1 saturated heterocycles. The van der Waals surface area contributed by atoms with Crippen LogP contribution in [0.4, 0.5) is 4.79 Å². The first-order chi connectivity index (χ1) is 27.3. The summed E-state index contributed by atoms with van der Waals surface area (Å²) >= 11 is 4.10. The molecule has 0 saturated carbocycles. The Balaban J connectivity index is 1.59. The van der Waals surface area contributed by atoms with Crippen LogP contribution >= 0.6 is 23.5 Å². The molecule has 6 atom stereocenters. The highest BCUT2D eigenvalue weighted by Gasteiger charge is 2.45. The van der Waals surface area contributed by atoms with Gasteiger partial charge in [0.25, 0.3) is 0 Å². The highest BCUT2D eigenvalue weighted by atomic mass is 32.2. The number of ether oxygens (including phenoxy) is 6. The van der Waals surface area contributed by atoms with Gasteiger partial charge in [-0.3, -0.25) is 0 Å². The van der Waals surface area contributed by atoms with Gasteiger partial charge in [0, 0.05) is 26.7 Å². The summed E-state index contributed by atoms with van der Waals surface area (Å²) in [6, 6.07) is 31.0. The van der Waals surface area contributed by atoms with Crippen LogP contribution in [0.1, 0.15) is 69.6 Å². The lowest BCUT2D eigenvalue weighted by atomic mass is 9.88. The highest BCUT2D eigenvalue weighted by Crippen LogP contribution is 2.53. The van der Waals surface area contributed by atoms with Crippen LogP contribution in [0.5, 0.6) is 0 Å². The monoisotopic (exact) mass is 807 g/mol. The number of methoxy groups -OCH3 is 1. The number of rotatable bonds is 27. The molecule has 0 spiro atoms. The van der Waals surface area contributed by atoms with Crippen LogP contribution in [0.15, 0.2) is 104 Å². The maximum atomic E-state index is 12.2. The SMILES string of the molecule is C=CCOC(=O)NC[C@H](C)C[C@H](C)C1(C[C@@H](OCc2ccccc2)[C@H](OCOC)[C@@H](C[C@H](C)CCOCc2ccccc2)OCc2ccccc2)SCCCS1. The lowest BCUT2D eigenvalue weighted by molar-refractivity contribution is -0.186. The van der Waals surface area contributed by atoms with Crippen molar-refractivity contribution >= 4 is 29.6 Å². The number of alkyl carbamates (subject to hydrolysis) is 1. The third-order valence-electron chi connectivity index (χ3n) is 10.1. The third kappa shape index (κ3) is 16.6. The van der Waals surface area contributed by atoms with Crippen molar-refractivity contribution in [3.63, 3.8) is 0 Å². The van der Waals surface area contributed by atoms with Gasteiger partial charge in [-0.1, -0.05) is 124 Å². The number of carbonyl (C=O) groups is 1. The quantitative estimate of drug-likeness (QED) is 0.0460. The van der Waals surface area contributed by atoms with E-state index in [1.54, 1.807) is 13.2 Å². The Kier molecular flexibility index (Phi) is 21.5. The van der Waals surface area contributed by atoms with Crippen molar-refractivity contribution < 1.29 is 33.2 Å². The standard InChI is InChI=1S/C46H65NO7S2/c1-6-24-51-45(48)47-31-37(3)28-38(4)46(55-26-16-27-56-46)30-43(53-34-41-21-14-9-15-22-41)44(54-35-49-5)42(52-33-40-19-12-8-13-20-40)29-36(2)23-25-50-32-39-17-10-7-11-18-39/h6-15,17-22,36-38,42-44H,1,16,23-35H2,2-5H3,(H,47,48)/t36-,37-,38+,42-,43-,44-/m1/s1.